The third-order valence-electron chi connectivity index (χ3n) is 3.94. The first kappa shape index (κ1) is 11.9. The molecule has 96 valence electrons. The summed E-state index contributed by atoms with van der Waals surface area (Å²) >= 11 is 5.02. The van der Waals surface area contributed by atoms with Gasteiger partial charge in [0, 0.05) is 37.4 Å². The second kappa shape index (κ2) is 4.82. The minimum Gasteiger partial charge on any atom is -0.389 e. The van der Waals surface area contributed by atoms with Crippen LogP contribution in [0.2, 0.25) is 0 Å². The molecule has 2 aliphatic heterocycles. The summed E-state index contributed by atoms with van der Waals surface area (Å²) in [5, 5.41) is 0. The monoisotopic (exact) mass is 262 g/mol. The van der Waals surface area contributed by atoms with Gasteiger partial charge in [-0.2, -0.15) is 0 Å². The van der Waals surface area contributed by atoms with Crippen LogP contribution in [-0.4, -0.2) is 47.1 Å². The summed E-state index contributed by atoms with van der Waals surface area (Å²) in [5.41, 5.74) is 6.58. The predicted octanol–water partition coefficient (Wildman–Crippen LogP) is 1.00. The fraction of sp³-hybridized carbons (Fsp3) is 0.538. The molecule has 0 saturated carbocycles. The van der Waals surface area contributed by atoms with E-state index in [0.29, 0.717) is 11.0 Å². The average molecular weight is 262 g/mol. The van der Waals surface area contributed by atoms with Gasteiger partial charge in [0.2, 0.25) is 0 Å². The quantitative estimate of drug-likeness (QED) is 0.806. The van der Waals surface area contributed by atoms with Crippen molar-refractivity contribution in [2.24, 2.45) is 5.73 Å². The molecule has 1 aromatic heterocycles. The van der Waals surface area contributed by atoms with Gasteiger partial charge in [-0.25, -0.2) is 4.98 Å². The number of fused-ring (bicyclic) bond motifs is 1. The lowest BCUT2D eigenvalue weighted by Gasteiger charge is -2.38. The molecular weight excluding hydrogens is 244 g/mol. The molecule has 4 nitrogen and oxygen atoms in total. The van der Waals surface area contributed by atoms with Crippen LogP contribution in [0.1, 0.15) is 18.4 Å². The summed E-state index contributed by atoms with van der Waals surface area (Å²) in [5.74, 6) is 1.01. The fourth-order valence-corrected chi connectivity index (χ4v) is 3.07. The lowest BCUT2D eigenvalue weighted by atomic mass is 10.1. The van der Waals surface area contributed by atoms with Crippen LogP contribution in [0.15, 0.2) is 18.3 Å². The van der Waals surface area contributed by atoms with Gasteiger partial charge < -0.3 is 10.6 Å². The predicted molar refractivity (Wildman–Crippen MR) is 76.9 cm³/mol. The van der Waals surface area contributed by atoms with E-state index in [2.05, 4.69) is 14.8 Å². The van der Waals surface area contributed by atoms with Crippen LogP contribution in [0.4, 0.5) is 5.82 Å². The third-order valence-corrected chi connectivity index (χ3v) is 4.18. The van der Waals surface area contributed by atoms with Crippen molar-refractivity contribution in [3.63, 3.8) is 0 Å². The second-order valence-electron chi connectivity index (χ2n) is 5.05. The maximum absolute atomic E-state index is 5.67. The average Bonchev–Trinajstić information content (AvgIpc) is 2.86. The summed E-state index contributed by atoms with van der Waals surface area (Å²) in [6.07, 6.45) is 4.44. The van der Waals surface area contributed by atoms with E-state index in [1.54, 1.807) is 6.20 Å². The molecule has 0 radical (unpaired) electrons. The van der Waals surface area contributed by atoms with Gasteiger partial charge in [-0.05, 0) is 31.5 Å². The lowest BCUT2D eigenvalue weighted by molar-refractivity contribution is 0.230. The molecule has 0 aliphatic carbocycles. The van der Waals surface area contributed by atoms with Crippen molar-refractivity contribution in [2.75, 3.05) is 31.1 Å². The number of hydrogen-bond donors (Lipinski definition) is 1. The van der Waals surface area contributed by atoms with Crippen molar-refractivity contribution in [2.45, 2.75) is 18.9 Å². The van der Waals surface area contributed by atoms with Crippen LogP contribution in [0.5, 0.6) is 0 Å². The minimum atomic E-state index is 0.443. The van der Waals surface area contributed by atoms with Gasteiger partial charge in [0.25, 0.3) is 0 Å². The van der Waals surface area contributed by atoms with Crippen molar-refractivity contribution in [1.82, 2.24) is 9.88 Å². The maximum atomic E-state index is 5.67. The number of rotatable bonds is 2. The molecule has 5 heteroatoms. The molecule has 2 fully saturated rings. The van der Waals surface area contributed by atoms with Crippen molar-refractivity contribution in [1.29, 1.82) is 0 Å². The van der Waals surface area contributed by atoms with E-state index in [4.69, 9.17) is 18.0 Å². The zero-order valence-electron chi connectivity index (χ0n) is 10.4. The second-order valence-corrected chi connectivity index (χ2v) is 5.48. The zero-order valence-corrected chi connectivity index (χ0v) is 11.2. The Bertz CT molecular complexity index is 462. The molecular formula is C13H18N4S. The molecule has 0 amide bonds. The number of aromatic nitrogens is 1. The van der Waals surface area contributed by atoms with Gasteiger partial charge in [-0.15, -0.1) is 0 Å². The maximum Gasteiger partial charge on any atom is 0.129 e. The van der Waals surface area contributed by atoms with Crippen LogP contribution >= 0.6 is 12.2 Å². The topological polar surface area (TPSA) is 45.4 Å². The Morgan fingerprint density at radius 2 is 2.28 bits per heavy atom. The van der Waals surface area contributed by atoms with Crippen LogP contribution in [0.25, 0.3) is 0 Å². The number of thiocarbonyl (C=S) groups is 1. The van der Waals surface area contributed by atoms with Crippen LogP contribution in [0, 0.1) is 0 Å². The number of anilines is 1. The highest BCUT2D eigenvalue weighted by molar-refractivity contribution is 7.80. The third kappa shape index (κ3) is 2.20. The summed E-state index contributed by atoms with van der Waals surface area (Å²) in [4.78, 5) is 9.84. The van der Waals surface area contributed by atoms with Crippen molar-refractivity contribution in [3.05, 3.63) is 23.9 Å². The first-order valence-corrected chi connectivity index (χ1v) is 6.90. The Morgan fingerprint density at radius 3 is 3.11 bits per heavy atom. The smallest absolute Gasteiger partial charge is 0.129 e. The molecule has 1 atom stereocenters. The summed E-state index contributed by atoms with van der Waals surface area (Å²) in [6, 6.07) is 4.58. The van der Waals surface area contributed by atoms with Crippen molar-refractivity contribution in [3.8, 4) is 0 Å². The lowest BCUT2D eigenvalue weighted by Crippen LogP contribution is -2.50. The molecule has 1 aromatic rings. The molecule has 3 heterocycles. The molecule has 1 unspecified atom stereocenters. The molecule has 0 aromatic carbocycles. The number of hydrogen-bond acceptors (Lipinski definition) is 4. The Kier molecular flexibility index (Phi) is 3.18. The summed E-state index contributed by atoms with van der Waals surface area (Å²) < 4.78 is 0. The van der Waals surface area contributed by atoms with Crippen LogP contribution in [0.3, 0.4) is 0 Å². The highest BCUT2D eigenvalue weighted by atomic mass is 32.1. The number of nitrogens with two attached hydrogens (primary N) is 1. The SMILES string of the molecule is NC(=S)c1ccnc(N2CCN3CCCC3C2)c1. The highest BCUT2D eigenvalue weighted by Crippen LogP contribution is 2.24. The van der Waals surface area contributed by atoms with E-state index in [0.717, 1.165) is 31.0 Å². The summed E-state index contributed by atoms with van der Waals surface area (Å²) in [7, 11) is 0. The van der Waals surface area contributed by atoms with Crippen molar-refractivity contribution >= 4 is 23.0 Å². The van der Waals surface area contributed by atoms with E-state index in [1.165, 1.54) is 19.4 Å². The van der Waals surface area contributed by atoms with Crippen molar-refractivity contribution < 1.29 is 0 Å². The van der Waals surface area contributed by atoms with Crippen LogP contribution < -0.4 is 10.6 Å². The van der Waals surface area contributed by atoms with E-state index in [1.807, 2.05) is 12.1 Å². The Hall–Kier alpha value is -1.20. The molecule has 2 aliphatic rings. The van der Waals surface area contributed by atoms with E-state index < -0.39 is 0 Å². The van der Waals surface area contributed by atoms with Crippen LogP contribution in [-0.2, 0) is 0 Å². The van der Waals surface area contributed by atoms with E-state index in [-0.39, 0.29) is 0 Å². The van der Waals surface area contributed by atoms with E-state index in [9.17, 15) is 0 Å². The van der Waals surface area contributed by atoms with Gasteiger partial charge in [-0.3, -0.25) is 4.90 Å². The largest absolute Gasteiger partial charge is 0.389 e. The fourth-order valence-electron chi connectivity index (χ4n) is 2.94. The molecule has 2 saturated heterocycles. The molecule has 2 N–H and O–H groups in total. The standard InChI is InChI=1S/C13H18N4S/c14-13(18)10-3-4-15-12(8-10)17-7-6-16-5-1-2-11(16)9-17/h3-4,8,11H,1-2,5-7,9H2,(H2,14,18). The molecule has 18 heavy (non-hydrogen) atoms. The highest BCUT2D eigenvalue weighted by Gasteiger charge is 2.30. The molecule has 0 spiro atoms. The zero-order chi connectivity index (χ0) is 12.5. The van der Waals surface area contributed by atoms with Gasteiger partial charge in [-0.1, -0.05) is 12.2 Å². The first-order valence-electron chi connectivity index (χ1n) is 6.49. The Balaban J connectivity index is 1.78. The number of nitrogens with zero attached hydrogens (tertiary/aromatic N) is 3. The van der Waals surface area contributed by atoms with Gasteiger partial charge in [0.1, 0.15) is 10.8 Å². The van der Waals surface area contributed by atoms with Gasteiger partial charge in [0.05, 0.1) is 0 Å². The van der Waals surface area contributed by atoms with Gasteiger partial charge in [0.15, 0.2) is 0 Å². The van der Waals surface area contributed by atoms with Gasteiger partial charge >= 0.3 is 0 Å². The minimum absolute atomic E-state index is 0.443. The first-order chi connectivity index (χ1) is 8.74. The molecule has 3 rings (SSSR count). The number of piperazine rings is 1. The number of pyridine rings is 1. The Morgan fingerprint density at radius 1 is 1.39 bits per heavy atom. The Labute approximate surface area is 113 Å². The normalized spacial score (nSPS) is 24.0. The molecule has 0 bridgehead atoms. The summed E-state index contributed by atoms with van der Waals surface area (Å²) in [6.45, 7) is 4.53. The van der Waals surface area contributed by atoms with E-state index >= 15 is 0 Å².